The second-order valence-corrected chi connectivity index (χ2v) is 5.91. The van der Waals surface area contributed by atoms with Crippen LogP contribution in [0.15, 0.2) is 46.8 Å². The number of phenols is 1. The van der Waals surface area contributed by atoms with E-state index in [0.29, 0.717) is 17.6 Å². The fourth-order valence-electron chi connectivity index (χ4n) is 3.45. The molecule has 1 heterocycles. The fraction of sp³-hybridized carbons (Fsp3) is 0.333. The summed E-state index contributed by atoms with van der Waals surface area (Å²) in [6, 6.07) is 6.76. The van der Waals surface area contributed by atoms with Gasteiger partial charge in [-0.2, -0.15) is 0 Å². The van der Waals surface area contributed by atoms with Crippen molar-refractivity contribution >= 4 is 11.6 Å². The third-order valence-electron chi connectivity index (χ3n) is 4.38. The van der Waals surface area contributed by atoms with Crippen molar-refractivity contribution in [3.05, 3.63) is 52.4 Å². The van der Waals surface area contributed by atoms with Crippen LogP contribution in [0.2, 0.25) is 0 Å². The average Bonchev–Trinajstić information content (AvgIpc) is 2.46. The number of dihydropyridines is 1. The Morgan fingerprint density at radius 3 is 2.55 bits per heavy atom. The van der Waals surface area contributed by atoms with Crippen molar-refractivity contribution in [1.82, 2.24) is 5.32 Å². The monoisotopic (exact) mass is 297 g/mol. The Bertz CT molecular complexity index is 710. The number of nitrogens with one attached hydrogen (secondary N) is 1. The van der Waals surface area contributed by atoms with Gasteiger partial charge >= 0.3 is 0 Å². The van der Waals surface area contributed by atoms with Gasteiger partial charge in [-0.25, -0.2) is 0 Å². The third kappa shape index (κ3) is 2.34. The average molecular weight is 297 g/mol. The Kier molecular flexibility index (Phi) is 3.61. The van der Waals surface area contributed by atoms with Gasteiger partial charge in [0, 0.05) is 34.9 Å². The van der Waals surface area contributed by atoms with Gasteiger partial charge in [0.15, 0.2) is 11.6 Å². The zero-order chi connectivity index (χ0) is 15.9. The van der Waals surface area contributed by atoms with E-state index < -0.39 is 0 Å². The molecule has 1 aromatic carbocycles. The molecule has 1 atom stereocenters. The molecule has 0 spiro atoms. The second kappa shape index (κ2) is 5.44. The Balaban J connectivity index is 2.19. The molecular formula is C18H19NO3. The van der Waals surface area contributed by atoms with E-state index in [1.807, 2.05) is 6.92 Å². The minimum absolute atomic E-state index is 0.0343. The Labute approximate surface area is 129 Å². The summed E-state index contributed by atoms with van der Waals surface area (Å²) in [5, 5.41) is 12.8. The lowest BCUT2D eigenvalue weighted by molar-refractivity contribution is -0.116. The maximum Gasteiger partial charge on any atom is 0.161 e. The van der Waals surface area contributed by atoms with E-state index in [4.69, 9.17) is 0 Å². The number of carbonyl (C=O) groups is 2. The summed E-state index contributed by atoms with van der Waals surface area (Å²) in [6.07, 6.45) is 2.20. The van der Waals surface area contributed by atoms with Gasteiger partial charge in [-0.1, -0.05) is 12.1 Å². The quantitative estimate of drug-likeness (QED) is 0.881. The Morgan fingerprint density at radius 1 is 1.23 bits per heavy atom. The standard InChI is InChI=1S/C18H19NO3/c1-10-16(11(2)20)17(12-6-8-13(21)9-7-12)18-14(19-10)4-3-5-15(18)22/h6-9,17,19,21H,3-5H2,1-2H3. The number of rotatable bonds is 2. The predicted octanol–water partition coefficient (Wildman–Crippen LogP) is 2.95. The van der Waals surface area contributed by atoms with Crippen molar-refractivity contribution in [2.45, 2.75) is 39.0 Å². The first kappa shape index (κ1) is 14.6. The molecule has 0 radical (unpaired) electrons. The zero-order valence-electron chi connectivity index (χ0n) is 12.8. The van der Waals surface area contributed by atoms with Crippen LogP contribution in [0.1, 0.15) is 44.6 Å². The van der Waals surface area contributed by atoms with Crippen LogP contribution in [0, 0.1) is 0 Å². The number of phenolic OH excluding ortho intramolecular Hbond substituents is 1. The summed E-state index contributed by atoms with van der Waals surface area (Å²) in [5.41, 5.74) is 3.98. The predicted molar refractivity (Wildman–Crippen MR) is 83.2 cm³/mol. The molecule has 0 saturated carbocycles. The van der Waals surface area contributed by atoms with Crippen LogP contribution in [0.25, 0.3) is 0 Å². The second-order valence-electron chi connectivity index (χ2n) is 5.91. The number of benzene rings is 1. The molecule has 1 aromatic rings. The van der Waals surface area contributed by atoms with E-state index in [1.54, 1.807) is 24.3 Å². The van der Waals surface area contributed by atoms with Gasteiger partial charge in [-0.3, -0.25) is 9.59 Å². The van der Waals surface area contributed by atoms with E-state index >= 15 is 0 Å². The molecule has 0 fully saturated rings. The highest BCUT2D eigenvalue weighted by atomic mass is 16.3. The summed E-state index contributed by atoms with van der Waals surface area (Å²) >= 11 is 0. The maximum atomic E-state index is 12.5. The van der Waals surface area contributed by atoms with Crippen molar-refractivity contribution in [1.29, 1.82) is 0 Å². The first-order valence-electron chi connectivity index (χ1n) is 7.53. The molecule has 1 unspecified atom stereocenters. The smallest absolute Gasteiger partial charge is 0.161 e. The number of allylic oxidation sites excluding steroid dienone is 4. The van der Waals surface area contributed by atoms with Gasteiger partial charge in [0.1, 0.15) is 5.75 Å². The summed E-state index contributed by atoms with van der Waals surface area (Å²) in [6.45, 7) is 3.42. The van der Waals surface area contributed by atoms with Crippen LogP contribution >= 0.6 is 0 Å². The number of Topliss-reactive ketones (excluding diaryl/α,β-unsaturated/α-hetero) is 2. The van der Waals surface area contributed by atoms with Crippen LogP contribution < -0.4 is 5.32 Å². The van der Waals surface area contributed by atoms with Crippen LogP contribution in [0.3, 0.4) is 0 Å². The molecule has 0 amide bonds. The van der Waals surface area contributed by atoms with E-state index in [2.05, 4.69) is 5.32 Å². The molecule has 1 aliphatic heterocycles. The molecule has 4 nitrogen and oxygen atoms in total. The number of hydrogen-bond acceptors (Lipinski definition) is 4. The summed E-state index contributed by atoms with van der Waals surface area (Å²) in [7, 11) is 0. The van der Waals surface area contributed by atoms with E-state index in [0.717, 1.165) is 29.8 Å². The molecule has 0 saturated heterocycles. The molecule has 0 aromatic heterocycles. The topological polar surface area (TPSA) is 66.4 Å². The van der Waals surface area contributed by atoms with Gasteiger partial charge in [0.05, 0.1) is 0 Å². The minimum atomic E-state index is -0.331. The van der Waals surface area contributed by atoms with Gasteiger partial charge in [0.25, 0.3) is 0 Å². The van der Waals surface area contributed by atoms with Gasteiger partial charge in [0.2, 0.25) is 0 Å². The van der Waals surface area contributed by atoms with Gasteiger partial charge in [-0.15, -0.1) is 0 Å². The van der Waals surface area contributed by atoms with Crippen molar-refractivity contribution in [3.63, 3.8) is 0 Å². The van der Waals surface area contributed by atoms with Crippen LogP contribution in [-0.2, 0) is 9.59 Å². The highest BCUT2D eigenvalue weighted by Crippen LogP contribution is 2.42. The number of hydrogen-bond donors (Lipinski definition) is 2. The highest BCUT2D eigenvalue weighted by Gasteiger charge is 2.37. The van der Waals surface area contributed by atoms with E-state index in [-0.39, 0.29) is 23.2 Å². The van der Waals surface area contributed by atoms with Crippen molar-refractivity contribution in [2.75, 3.05) is 0 Å². The summed E-state index contributed by atoms with van der Waals surface area (Å²) < 4.78 is 0. The molecular weight excluding hydrogens is 278 g/mol. The first-order chi connectivity index (χ1) is 10.5. The lowest BCUT2D eigenvalue weighted by Crippen LogP contribution is -2.33. The minimum Gasteiger partial charge on any atom is -0.508 e. The molecule has 114 valence electrons. The zero-order valence-corrected chi connectivity index (χ0v) is 12.8. The molecule has 3 rings (SSSR count). The molecule has 4 heteroatoms. The largest absolute Gasteiger partial charge is 0.508 e. The van der Waals surface area contributed by atoms with Crippen LogP contribution in [0.4, 0.5) is 0 Å². The van der Waals surface area contributed by atoms with Crippen molar-refractivity contribution in [2.24, 2.45) is 0 Å². The Morgan fingerprint density at radius 2 is 1.91 bits per heavy atom. The lowest BCUT2D eigenvalue weighted by Gasteiger charge is -2.34. The summed E-state index contributed by atoms with van der Waals surface area (Å²) in [4.78, 5) is 24.6. The first-order valence-corrected chi connectivity index (χ1v) is 7.53. The Hall–Kier alpha value is -2.36. The molecule has 2 aliphatic rings. The van der Waals surface area contributed by atoms with Crippen LogP contribution in [-0.4, -0.2) is 16.7 Å². The van der Waals surface area contributed by atoms with Crippen molar-refractivity contribution < 1.29 is 14.7 Å². The van der Waals surface area contributed by atoms with Crippen molar-refractivity contribution in [3.8, 4) is 5.75 Å². The lowest BCUT2D eigenvalue weighted by atomic mass is 9.74. The maximum absolute atomic E-state index is 12.5. The molecule has 22 heavy (non-hydrogen) atoms. The van der Waals surface area contributed by atoms with Gasteiger partial charge < -0.3 is 10.4 Å². The third-order valence-corrected chi connectivity index (χ3v) is 4.38. The summed E-state index contributed by atoms with van der Waals surface area (Å²) in [5.74, 6) is -0.0832. The van der Waals surface area contributed by atoms with Crippen LogP contribution in [0.5, 0.6) is 5.75 Å². The normalized spacial score (nSPS) is 21.5. The number of ketones is 2. The SMILES string of the molecule is CC(=O)C1=C(C)NC2=C(C(=O)CCC2)C1c1ccc(O)cc1. The highest BCUT2D eigenvalue weighted by molar-refractivity contribution is 6.05. The molecule has 1 aliphatic carbocycles. The fourth-order valence-corrected chi connectivity index (χ4v) is 3.45. The van der Waals surface area contributed by atoms with Gasteiger partial charge in [-0.05, 0) is 44.4 Å². The molecule has 2 N–H and O–H groups in total. The van der Waals surface area contributed by atoms with E-state index in [9.17, 15) is 14.7 Å². The number of carbonyl (C=O) groups excluding carboxylic acids is 2. The molecule has 0 bridgehead atoms. The number of aromatic hydroxyl groups is 1. The van der Waals surface area contributed by atoms with E-state index in [1.165, 1.54) is 6.92 Å².